The molecule has 0 aliphatic carbocycles. The highest BCUT2D eigenvalue weighted by molar-refractivity contribution is 5.69. The lowest BCUT2D eigenvalue weighted by atomic mass is 10.1. The summed E-state index contributed by atoms with van der Waals surface area (Å²) in [5.74, 6) is -0.253. The average molecular weight is 294 g/mol. The van der Waals surface area contributed by atoms with Crippen LogP contribution in [0.1, 0.15) is 26.3 Å². The third-order valence-corrected chi connectivity index (χ3v) is 3.17. The molecule has 1 aromatic carbocycles. The Hall–Kier alpha value is -1.95. The second-order valence-corrected chi connectivity index (χ2v) is 6.29. The van der Waals surface area contributed by atoms with Crippen molar-refractivity contribution in [3.8, 4) is 11.5 Å². The first-order valence-corrected chi connectivity index (χ1v) is 6.97. The van der Waals surface area contributed by atoms with E-state index in [1.54, 1.807) is 11.0 Å². The number of phenolic OH excluding ortho intramolecular Hbond substituents is 2. The first kappa shape index (κ1) is 15.4. The largest absolute Gasteiger partial charge is 0.504 e. The highest BCUT2D eigenvalue weighted by atomic mass is 16.6. The normalized spacial score (nSPS) is 15.7. The predicted molar refractivity (Wildman–Crippen MR) is 78.2 cm³/mol. The first-order chi connectivity index (χ1) is 9.74. The molecule has 6 heteroatoms. The Labute approximate surface area is 124 Å². The van der Waals surface area contributed by atoms with Crippen LogP contribution in [0, 0.1) is 0 Å². The van der Waals surface area contributed by atoms with Gasteiger partial charge in [0.1, 0.15) is 5.60 Å². The van der Waals surface area contributed by atoms with Crippen molar-refractivity contribution < 1.29 is 19.7 Å². The number of aromatic hydroxyl groups is 2. The van der Waals surface area contributed by atoms with Crippen molar-refractivity contribution in [3.63, 3.8) is 0 Å². The number of ether oxygens (including phenoxy) is 1. The fourth-order valence-corrected chi connectivity index (χ4v) is 2.02. The van der Waals surface area contributed by atoms with Crippen molar-refractivity contribution in [1.82, 2.24) is 10.2 Å². The quantitative estimate of drug-likeness (QED) is 0.741. The molecule has 1 fully saturated rings. The fraction of sp³-hybridized carbons (Fsp3) is 0.533. The molecule has 3 N–H and O–H groups in total. The third kappa shape index (κ3) is 4.26. The van der Waals surface area contributed by atoms with E-state index in [-0.39, 0.29) is 23.6 Å². The Balaban J connectivity index is 1.73. The average Bonchev–Trinajstić information content (AvgIpc) is 2.29. The molecule has 0 radical (unpaired) electrons. The minimum atomic E-state index is -0.473. The summed E-state index contributed by atoms with van der Waals surface area (Å²) >= 11 is 0. The number of likely N-dealkylation sites (tertiary alicyclic amines) is 1. The number of carbonyl (C=O) groups is 1. The molecule has 1 aromatic rings. The molecule has 0 bridgehead atoms. The van der Waals surface area contributed by atoms with E-state index < -0.39 is 5.60 Å². The van der Waals surface area contributed by atoms with E-state index >= 15 is 0 Å². The van der Waals surface area contributed by atoms with Crippen molar-refractivity contribution in [1.29, 1.82) is 0 Å². The van der Waals surface area contributed by atoms with Gasteiger partial charge in [-0.1, -0.05) is 6.07 Å². The lowest BCUT2D eigenvalue weighted by Crippen LogP contribution is -2.60. The van der Waals surface area contributed by atoms with Crippen molar-refractivity contribution in [2.75, 3.05) is 13.1 Å². The molecule has 0 atom stereocenters. The predicted octanol–water partition coefficient (Wildman–Crippen LogP) is 1.81. The molecular weight excluding hydrogens is 272 g/mol. The van der Waals surface area contributed by atoms with Gasteiger partial charge < -0.3 is 25.2 Å². The maximum atomic E-state index is 11.8. The number of rotatable bonds is 3. The van der Waals surface area contributed by atoms with Gasteiger partial charge in [0, 0.05) is 25.7 Å². The lowest BCUT2D eigenvalue weighted by Gasteiger charge is -2.40. The molecule has 1 aliphatic rings. The van der Waals surface area contributed by atoms with Crippen LogP contribution in [0.15, 0.2) is 18.2 Å². The molecule has 1 saturated heterocycles. The number of hydrogen-bond donors (Lipinski definition) is 3. The number of carbonyl (C=O) groups excluding carboxylic acids is 1. The molecule has 21 heavy (non-hydrogen) atoms. The van der Waals surface area contributed by atoms with Crippen molar-refractivity contribution in [2.24, 2.45) is 0 Å². The maximum Gasteiger partial charge on any atom is 0.410 e. The van der Waals surface area contributed by atoms with E-state index in [2.05, 4.69) is 5.32 Å². The molecule has 6 nitrogen and oxygen atoms in total. The summed E-state index contributed by atoms with van der Waals surface area (Å²) in [6, 6.07) is 4.94. The molecule has 1 aliphatic heterocycles. The fourth-order valence-electron chi connectivity index (χ4n) is 2.02. The summed E-state index contributed by atoms with van der Waals surface area (Å²) in [5.41, 5.74) is 0.403. The molecule has 0 aromatic heterocycles. The molecule has 0 spiro atoms. The number of hydrogen-bond acceptors (Lipinski definition) is 5. The minimum Gasteiger partial charge on any atom is -0.504 e. The summed E-state index contributed by atoms with van der Waals surface area (Å²) in [5, 5.41) is 21.9. The highest BCUT2D eigenvalue weighted by Gasteiger charge is 2.33. The van der Waals surface area contributed by atoms with E-state index in [4.69, 9.17) is 4.74 Å². The van der Waals surface area contributed by atoms with Gasteiger partial charge in [0.05, 0.1) is 0 Å². The van der Waals surface area contributed by atoms with E-state index in [9.17, 15) is 15.0 Å². The SMILES string of the molecule is CC(C)(C)OC(=O)N1CC(NCc2ccc(O)c(O)c2)C1. The van der Waals surface area contributed by atoms with E-state index in [1.165, 1.54) is 12.1 Å². The van der Waals surface area contributed by atoms with Gasteiger partial charge in [0.2, 0.25) is 0 Å². The molecule has 2 rings (SSSR count). The zero-order valence-corrected chi connectivity index (χ0v) is 12.6. The van der Waals surface area contributed by atoms with Gasteiger partial charge in [-0.25, -0.2) is 4.79 Å². The van der Waals surface area contributed by atoms with Gasteiger partial charge in [0.15, 0.2) is 11.5 Å². The summed E-state index contributed by atoms with van der Waals surface area (Å²) in [6.07, 6.45) is -0.289. The topological polar surface area (TPSA) is 82.0 Å². The van der Waals surface area contributed by atoms with Crippen LogP contribution in [-0.2, 0) is 11.3 Å². The van der Waals surface area contributed by atoms with Gasteiger partial charge in [-0.05, 0) is 38.5 Å². The van der Waals surface area contributed by atoms with Crippen LogP contribution < -0.4 is 5.32 Å². The molecular formula is C15H22N2O4. The maximum absolute atomic E-state index is 11.8. The Morgan fingerprint density at radius 1 is 1.33 bits per heavy atom. The summed E-state index contributed by atoms with van der Waals surface area (Å²) in [7, 11) is 0. The lowest BCUT2D eigenvalue weighted by molar-refractivity contribution is 0.00518. The van der Waals surface area contributed by atoms with Crippen LogP contribution in [-0.4, -0.2) is 45.9 Å². The second kappa shape index (κ2) is 5.81. The zero-order valence-electron chi connectivity index (χ0n) is 12.6. The monoisotopic (exact) mass is 294 g/mol. The number of amides is 1. The third-order valence-electron chi connectivity index (χ3n) is 3.17. The molecule has 1 amide bonds. The van der Waals surface area contributed by atoms with Gasteiger partial charge >= 0.3 is 6.09 Å². The number of nitrogens with one attached hydrogen (secondary N) is 1. The Morgan fingerprint density at radius 3 is 2.57 bits per heavy atom. The van der Waals surface area contributed by atoms with Gasteiger partial charge in [-0.3, -0.25) is 0 Å². The Bertz CT molecular complexity index is 519. The summed E-state index contributed by atoms with van der Waals surface area (Å²) in [4.78, 5) is 13.4. The number of benzene rings is 1. The standard InChI is InChI=1S/C15H22N2O4/c1-15(2,3)21-14(20)17-8-11(9-17)16-7-10-4-5-12(18)13(19)6-10/h4-6,11,16,18-19H,7-9H2,1-3H3. The molecule has 1 heterocycles. The Morgan fingerprint density at radius 2 is 2.00 bits per heavy atom. The Kier molecular flexibility index (Phi) is 4.27. The minimum absolute atomic E-state index is 0.126. The van der Waals surface area contributed by atoms with E-state index in [1.807, 2.05) is 20.8 Å². The second-order valence-electron chi connectivity index (χ2n) is 6.29. The van der Waals surface area contributed by atoms with Crippen molar-refractivity contribution >= 4 is 6.09 Å². The zero-order chi connectivity index (χ0) is 15.6. The van der Waals surface area contributed by atoms with Crippen LogP contribution in [0.25, 0.3) is 0 Å². The first-order valence-electron chi connectivity index (χ1n) is 6.97. The van der Waals surface area contributed by atoms with Crippen LogP contribution in [0.3, 0.4) is 0 Å². The molecule has 0 saturated carbocycles. The van der Waals surface area contributed by atoms with Crippen molar-refractivity contribution in [2.45, 2.75) is 39.0 Å². The van der Waals surface area contributed by atoms with E-state index in [0.717, 1.165) is 5.56 Å². The van der Waals surface area contributed by atoms with Gasteiger partial charge in [0.25, 0.3) is 0 Å². The van der Waals surface area contributed by atoms with Crippen molar-refractivity contribution in [3.05, 3.63) is 23.8 Å². The summed E-state index contributed by atoms with van der Waals surface area (Å²) in [6.45, 7) is 7.33. The summed E-state index contributed by atoms with van der Waals surface area (Å²) < 4.78 is 5.28. The molecule has 116 valence electrons. The highest BCUT2D eigenvalue weighted by Crippen LogP contribution is 2.25. The van der Waals surface area contributed by atoms with Crippen LogP contribution in [0.2, 0.25) is 0 Å². The van der Waals surface area contributed by atoms with E-state index in [0.29, 0.717) is 19.6 Å². The van der Waals surface area contributed by atoms with Crippen LogP contribution in [0.4, 0.5) is 4.79 Å². The van der Waals surface area contributed by atoms with Gasteiger partial charge in [-0.15, -0.1) is 0 Å². The number of phenols is 2. The van der Waals surface area contributed by atoms with Crippen LogP contribution in [0.5, 0.6) is 11.5 Å². The van der Waals surface area contributed by atoms with Crippen LogP contribution >= 0.6 is 0 Å². The number of nitrogens with zero attached hydrogens (tertiary/aromatic N) is 1. The van der Waals surface area contributed by atoms with Gasteiger partial charge in [-0.2, -0.15) is 0 Å². The smallest absolute Gasteiger partial charge is 0.410 e. The molecule has 0 unspecified atom stereocenters.